The summed E-state index contributed by atoms with van der Waals surface area (Å²) in [6, 6.07) is 15.7. The monoisotopic (exact) mass is 425 g/mol. The van der Waals surface area contributed by atoms with Crippen molar-refractivity contribution in [2.75, 3.05) is 5.32 Å². The lowest BCUT2D eigenvalue weighted by molar-refractivity contribution is -0.125. The molecule has 0 spiro atoms. The molecule has 0 bridgehead atoms. The number of fused-ring (bicyclic) bond motifs is 1. The van der Waals surface area contributed by atoms with Crippen LogP contribution in [-0.4, -0.2) is 28.2 Å². The maximum Gasteiger partial charge on any atom is 0.339 e. The highest BCUT2D eigenvalue weighted by Crippen LogP contribution is 2.29. The van der Waals surface area contributed by atoms with Crippen LogP contribution < -0.4 is 5.32 Å². The van der Waals surface area contributed by atoms with Crippen LogP contribution in [0.5, 0.6) is 0 Å². The lowest BCUT2D eigenvalue weighted by Crippen LogP contribution is -2.38. The average Bonchev–Trinajstić information content (AvgIpc) is 3.19. The van der Waals surface area contributed by atoms with Gasteiger partial charge < -0.3 is 4.74 Å². The second-order valence-electron chi connectivity index (χ2n) is 6.58. The van der Waals surface area contributed by atoms with Crippen LogP contribution in [-0.2, 0) is 28.1 Å². The normalized spacial score (nSPS) is 15.5. The van der Waals surface area contributed by atoms with Crippen LogP contribution in [0.3, 0.4) is 0 Å². The number of ether oxygens (including phenoxy) is 1. The number of benzene rings is 2. The summed E-state index contributed by atoms with van der Waals surface area (Å²) in [5, 5.41) is 11.3. The Morgan fingerprint density at radius 2 is 2.03 bits per heavy atom. The predicted molar refractivity (Wildman–Crippen MR) is 113 cm³/mol. The first-order valence-corrected chi connectivity index (χ1v) is 11.1. The average molecular weight is 426 g/mol. The number of esters is 1. The van der Waals surface area contributed by atoms with Gasteiger partial charge in [-0.05, 0) is 29.2 Å². The van der Waals surface area contributed by atoms with Crippen molar-refractivity contribution < 1.29 is 14.3 Å². The molecule has 1 amide bonds. The Hall–Kier alpha value is -2.71. The van der Waals surface area contributed by atoms with E-state index in [0.717, 1.165) is 27.6 Å². The van der Waals surface area contributed by atoms with Crippen LogP contribution in [0.15, 0.2) is 52.9 Å². The van der Waals surface area contributed by atoms with Crippen molar-refractivity contribution in [2.45, 2.75) is 36.0 Å². The largest absolute Gasteiger partial charge is 0.448 e. The van der Waals surface area contributed by atoms with Gasteiger partial charge in [-0.2, -0.15) is 0 Å². The number of hydrogen-bond donors (Lipinski definition) is 1. The van der Waals surface area contributed by atoms with Crippen LogP contribution in [0.1, 0.15) is 34.0 Å². The third-order valence-electron chi connectivity index (χ3n) is 4.59. The molecule has 148 valence electrons. The molecular weight excluding hydrogens is 406 g/mol. The molecule has 1 atom stereocenters. The second kappa shape index (κ2) is 8.75. The topological polar surface area (TPSA) is 81.2 Å². The minimum absolute atomic E-state index is 0.356. The Bertz CT molecular complexity index is 1040. The fourth-order valence-electron chi connectivity index (χ4n) is 3.04. The van der Waals surface area contributed by atoms with Gasteiger partial charge in [-0.15, -0.1) is 10.2 Å². The molecule has 2 heterocycles. The van der Waals surface area contributed by atoms with E-state index in [1.165, 1.54) is 16.9 Å². The zero-order valence-corrected chi connectivity index (χ0v) is 17.4. The highest BCUT2D eigenvalue weighted by atomic mass is 32.2. The Morgan fingerprint density at radius 1 is 1.21 bits per heavy atom. The van der Waals surface area contributed by atoms with Crippen LogP contribution in [0.4, 0.5) is 5.13 Å². The summed E-state index contributed by atoms with van der Waals surface area (Å²) in [7, 11) is 0. The number of anilines is 1. The van der Waals surface area contributed by atoms with Crippen molar-refractivity contribution in [2.24, 2.45) is 0 Å². The molecule has 0 fully saturated rings. The number of cyclic esters (lactones) is 1. The third-order valence-corrected chi connectivity index (χ3v) is 6.63. The number of aromatic nitrogens is 2. The van der Waals surface area contributed by atoms with Crippen LogP contribution in [0, 0.1) is 0 Å². The lowest BCUT2D eigenvalue weighted by Gasteiger charge is -2.23. The summed E-state index contributed by atoms with van der Waals surface area (Å²) >= 11 is 2.87. The number of aryl methyl sites for hydroxylation is 1. The summed E-state index contributed by atoms with van der Waals surface area (Å²) in [6.45, 7) is 2.05. The van der Waals surface area contributed by atoms with Gasteiger partial charge in [-0.3, -0.25) is 10.1 Å². The molecule has 29 heavy (non-hydrogen) atoms. The van der Waals surface area contributed by atoms with E-state index < -0.39 is 12.1 Å². The molecule has 6 nitrogen and oxygen atoms in total. The summed E-state index contributed by atoms with van der Waals surface area (Å²) in [6.07, 6.45) is 0.356. The first kappa shape index (κ1) is 19.6. The van der Waals surface area contributed by atoms with Crippen molar-refractivity contribution in [3.8, 4) is 0 Å². The lowest BCUT2D eigenvalue weighted by atomic mass is 9.95. The molecule has 0 saturated carbocycles. The van der Waals surface area contributed by atoms with Gasteiger partial charge in [0.1, 0.15) is 0 Å². The van der Waals surface area contributed by atoms with Gasteiger partial charge in [0.05, 0.1) is 5.56 Å². The van der Waals surface area contributed by atoms with E-state index in [2.05, 4.69) is 34.6 Å². The summed E-state index contributed by atoms with van der Waals surface area (Å²) in [5.41, 5.74) is 3.69. The number of nitrogens with zero attached hydrogens (tertiary/aromatic N) is 2. The third kappa shape index (κ3) is 4.65. The van der Waals surface area contributed by atoms with Gasteiger partial charge in [-0.25, -0.2) is 4.79 Å². The molecule has 4 rings (SSSR count). The summed E-state index contributed by atoms with van der Waals surface area (Å²) in [5.74, 6) is -0.0766. The Kier molecular flexibility index (Phi) is 5.92. The van der Waals surface area contributed by atoms with Crippen molar-refractivity contribution in [1.82, 2.24) is 10.2 Å². The van der Waals surface area contributed by atoms with Crippen molar-refractivity contribution in [3.63, 3.8) is 0 Å². The molecule has 1 N–H and O–H groups in total. The minimum Gasteiger partial charge on any atom is -0.448 e. The summed E-state index contributed by atoms with van der Waals surface area (Å²) in [4.78, 5) is 24.9. The highest BCUT2D eigenvalue weighted by molar-refractivity contribution is 8.00. The fraction of sp³-hybridized carbons (Fsp3) is 0.238. The molecule has 1 aliphatic heterocycles. The standard InChI is InChI=1S/C21H19N3O3S2/c1-2-13-8-9-16-15(10-13)11-17(27-19(16)26)18(25)22-20-23-24-21(29-20)28-12-14-6-4-3-5-7-14/h3-10,17H,2,11-12H2,1H3,(H,22,23,25). The first-order chi connectivity index (χ1) is 14.1. The van der Waals surface area contributed by atoms with Gasteiger partial charge in [0, 0.05) is 12.2 Å². The summed E-state index contributed by atoms with van der Waals surface area (Å²) < 4.78 is 6.10. The van der Waals surface area contributed by atoms with Gasteiger partial charge in [0.25, 0.3) is 5.91 Å². The van der Waals surface area contributed by atoms with E-state index >= 15 is 0 Å². The van der Waals surface area contributed by atoms with E-state index in [9.17, 15) is 9.59 Å². The fourth-order valence-corrected chi connectivity index (χ4v) is 4.75. The number of carbonyl (C=O) groups excluding carboxylic acids is 2. The van der Waals surface area contributed by atoms with E-state index in [-0.39, 0.29) is 5.91 Å². The molecular formula is C21H19N3O3S2. The smallest absolute Gasteiger partial charge is 0.339 e. The van der Waals surface area contributed by atoms with E-state index in [0.29, 0.717) is 17.1 Å². The number of carbonyl (C=O) groups is 2. The molecule has 2 aromatic carbocycles. The van der Waals surface area contributed by atoms with Crippen molar-refractivity contribution in [3.05, 3.63) is 70.8 Å². The zero-order valence-electron chi connectivity index (χ0n) is 15.8. The highest BCUT2D eigenvalue weighted by Gasteiger charge is 2.32. The first-order valence-electron chi connectivity index (χ1n) is 9.26. The Balaban J connectivity index is 1.38. The molecule has 1 aliphatic rings. The maximum absolute atomic E-state index is 12.6. The zero-order chi connectivity index (χ0) is 20.2. The van der Waals surface area contributed by atoms with E-state index in [4.69, 9.17) is 4.74 Å². The van der Waals surface area contributed by atoms with Crippen LogP contribution >= 0.6 is 23.1 Å². The van der Waals surface area contributed by atoms with Crippen molar-refractivity contribution in [1.29, 1.82) is 0 Å². The van der Waals surface area contributed by atoms with Gasteiger partial charge in [-0.1, -0.05) is 72.5 Å². The van der Waals surface area contributed by atoms with E-state index in [1.54, 1.807) is 17.8 Å². The number of thioether (sulfide) groups is 1. The quantitative estimate of drug-likeness (QED) is 0.364. The Morgan fingerprint density at radius 3 is 2.83 bits per heavy atom. The predicted octanol–water partition coefficient (Wildman–Crippen LogP) is 4.11. The molecule has 0 radical (unpaired) electrons. The second-order valence-corrected chi connectivity index (χ2v) is 8.78. The Labute approximate surface area is 176 Å². The van der Waals surface area contributed by atoms with E-state index in [1.807, 2.05) is 30.3 Å². The molecule has 0 saturated heterocycles. The number of amides is 1. The molecule has 3 aromatic rings. The van der Waals surface area contributed by atoms with Crippen molar-refractivity contribution >= 4 is 40.1 Å². The van der Waals surface area contributed by atoms with Gasteiger partial charge >= 0.3 is 5.97 Å². The van der Waals surface area contributed by atoms with Gasteiger partial charge in [0.15, 0.2) is 10.4 Å². The number of nitrogens with one attached hydrogen (secondary N) is 1. The molecule has 1 unspecified atom stereocenters. The molecule has 1 aromatic heterocycles. The van der Waals surface area contributed by atoms with Crippen LogP contribution in [0.2, 0.25) is 0 Å². The number of hydrogen-bond acceptors (Lipinski definition) is 7. The van der Waals surface area contributed by atoms with Crippen LogP contribution in [0.25, 0.3) is 0 Å². The molecule has 0 aliphatic carbocycles. The maximum atomic E-state index is 12.6. The SMILES string of the molecule is CCc1ccc2c(c1)CC(C(=O)Nc1nnc(SCc3ccccc3)s1)OC2=O. The molecule has 8 heteroatoms. The number of rotatable bonds is 6. The minimum atomic E-state index is -0.869. The van der Waals surface area contributed by atoms with Gasteiger partial charge in [0.2, 0.25) is 5.13 Å².